The predicted molar refractivity (Wildman–Crippen MR) is 113 cm³/mol. The summed E-state index contributed by atoms with van der Waals surface area (Å²) in [7, 11) is 1.55. The van der Waals surface area contributed by atoms with Crippen molar-refractivity contribution in [3.05, 3.63) is 67.3 Å². The Morgan fingerprint density at radius 3 is 2.75 bits per heavy atom. The number of aromatic nitrogens is 2. The molecule has 146 valence electrons. The van der Waals surface area contributed by atoms with Gasteiger partial charge in [-0.3, -0.25) is 4.79 Å². The SMILES string of the molecule is CCC(C)Oc1c(Br)cc(C=Nn2c(=O)[nH]c3ccccc3c2=O)cc1OC. The van der Waals surface area contributed by atoms with Crippen molar-refractivity contribution in [3.63, 3.8) is 0 Å². The molecule has 0 fully saturated rings. The van der Waals surface area contributed by atoms with Crippen LogP contribution in [0.2, 0.25) is 0 Å². The van der Waals surface area contributed by atoms with E-state index in [1.165, 1.54) is 6.21 Å². The highest BCUT2D eigenvalue weighted by molar-refractivity contribution is 9.10. The first-order valence-corrected chi connectivity index (χ1v) is 9.56. The second kappa shape index (κ2) is 8.43. The zero-order chi connectivity index (χ0) is 20.3. The Kier molecular flexibility index (Phi) is 5.99. The van der Waals surface area contributed by atoms with Gasteiger partial charge < -0.3 is 14.5 Å². The fourth-order valence-electron chi connectivity index (χ4n) is 2.60. The van der Waals surface area contributed by atoms with Gasteiger partial charge in [-0.25, -0.2) is 4.79 Å². The van der Waals surface area contributed by atoms with Crippen molar-refractivity contribution in [2.75, 3.05) is 7.11 Å². The molecule has 0 aliphatic carbocycles. The van der Waals surface area contributed by atoms with Gasteiger partial charge in [-0.05, 0) is 59.1 Å². The normalized spacial score (nSPS) is 12.4. The summed E-state index contributed by atoms with van der Waals surface area (Å²) in [4.78, 5) is 27.4. The van der Waals surface area contributed by atoms with Gasteiger partial charge >= 0.3 is 5.69 Å². The zero-order valence-electron chi connectivity index (χ0n) is 15.7. The van der Waals surface area contributed by atoms with Gasteiger partial charge in [0.05, 0.1) is 34.8 Å². The van der Waals surface area contributed by atoms with E-state index in [1.54, 1.807) is 43.5 Å². The second-order valence-corrected chi connectivity index (χ2v) is 7.06. The van der Waals surface area contributed by atoms with Crippen molar-refractivity contribution in [2.45, 2.75) is 26.4 Å². The van der Waals surface area contributed by atoms with Gasteiger partial charge in [0, 0.05) is 0 Å². The average molecular weight is 446 g/mol. The molecule has 1 atom stereocenters. The summed E-state index contributed by atoms with van der Waals surface area (Å²) in [6.45, 7) is 4.00. The average Bonchev–Trinajstić information content (AvgIpc) is 2.69. The molecule has 1 unspecified atom stereocenters. The van der Waals surface area contributed by atoms with E-state index >= 15 is 0 Å². The third-order valence-corrected chi connectivity index (χ3v) is 4.84. The lowest BCUT2D eigenvalue weighted by molar-refractivity contribution is 0.206. The van der Waals surface area contributed by atoms with Crippen LogP contribution in [0.5, 0.6) is 11.5 Å². The van der Waals surface area contributed by atoms with Crippen LogP contribution in [-0.2, 0) is 0 Å². The Bertz CT molecular complexity index is 1150. The van der Waals surface area contributed by atoms with Crippen LogP contribution in [0.1, 0.15) is 25.8 Å². The van der Waals surface area contributed by atoms with Crippen molar-refractivity contribution < 1.29 is 9.47 Å². The van der Waals surface area contributed by atoms with Crippen LogP contribution in [0.25, 0.3) is 10.9 Å². The highest BCUT2D eigenvalue weighted by Gasteiger charge is 2.14. The van der Waals surface area contributed by atoms with Crippen LogP contribution in [0.15, 0.2) is 55.6 Å². The second-order valence-electron chi connectivity index (χ2n) is 6.21. The number of rotatable bonds is 6. The molecule has 8 heteroatoms. The Balaban J connectivity index is 2.01. The molecule has 1 heterocycles. The minimum Gasteiger partial charge on any atom is -0.493 e. The molecule has 0 saturated carbocycles. The highest BCUT2D eigenvalue weighted by atomic mass is 79.9. The van der Waals surface area contributed by atoms with Crippen molar-refractivity contribution in [3.8, 4) is 11.5 Å². The molecular weight excluding hydrogens is 426 g/mol. The number of ether oxygens (including phenoxy) is 2. The van der Waals surface area contributed by atoms with Gasteiger partial charge in [0.25, 0.3) is 5.56 Å². The molecule has 0 spiro atoms. The first kappa shape index (κ1) is 19.9. The lowest BCUT2D eigenvalue weighted by atomic mass is 10.2. The van der Waals surface area contributed by atoms with Crippen LogP contribution < -0.4 is 20.7 Å². The van der Waals surface area contributed by atoms with E-state index in [4.69, 9.17) is 9.47 Å². The maximum atomic E-state index is 12.5. The quantitative estimate of drug-likeness (QED) is 0.588. The molecule has 3 rings (SSSR count). The Morgan fingerprint density at radius 2 is 2.04 bits per heavy atom. The number of aromatic amines is 1. The summed E-state index contributed by atoms with van der Waals surface area (Å²) in [5.74, 6) is 1.12. The molecule has 1 aromatic heterocycles. The highest BCUT2D eigenvalue weighted by Crippen LogP contribution is 2.37. The minimum absolute atomic E-state index is 0.0273. The van der Waals surface area contributed by atoms with Gasteiger partial charge in [0.15, 0.2) is 11.5 Å². The molecule has 2 aromatic carbocycles. The molecule has 3 aromatic rings. The summed E-state index contributed by atoms with van der Waals surface area (Å²) in [6.07, 6.45) is 2.30. The van der Waals surface area contributed by atoms with Gasteiger partial charge in [-0.15, -0.1) is 4.68 Å². The molecule has 0 bridgehead atoms. The smallest absolute Gasteiger partial charge is 0.349 e. The van der Waals surface area contributed by atoms with Gasteiger partial charge in [0.2, 0.25) is 0 Å². The largest absolute Gasteiger partial charge is 0.493 e. The molecule has 1 N–H and O–H groups in total. The number of hydrogen-bond donors (Lipinski definition) is 1. The molecule has 0 aliphatic rings. The van der Waals surface area contributed by atoms with E-state index in [9.17, 15) is 9.59 Å². The van der Waals surface area contributed by atoms with E-state index in [1.807, 2.05) is 13.8 Å². The number of nitrogens with one attached hydrogen (secondary N) is 1. The van der Waals surface area contributed by atoms with Crippen molar-refractivity contribution in [2.24, 2.45) is 5.10 Å². The molecule has 7 nitrogen and oxygen atoms in total. The zero-order valence-corrected chi connectivity index (χ0v) is 17.3. The summed E-state index contributed by atoms with van der Waals surface area (Å²) < 4.78 is 12.8. The number of nitrogens with zero attached hydrogens (tertiary/aromatic N) is 2. The summed E-state index contributed by atoms with van der Waals surface area (Å²) in [6, 6.07) is 10.3. The number of hydrogen-bond acceptors (Lipinski definition) is 5. The Labute approximate surface area is 169 Å². The van der Waals surface area contributed by atoms with E-state index in [2.05, 4.69) is 26.0 Å². The van der Waals surface area contributed by atoms with Crippen molar-refractivity contribution >= 4 is 33.0 Å². The third kappa shape index (κ3) is 4.01. The number of fused-ring (bicyclic) bond motifs is 1. The Morgan fingerprint density at radius 1 is 1.29 bits per heavy atom. The van der Waals surface area contributed by atoms with E-state index < -0.39 is 11.2 Å². The molecule has 0 amide bonds. The summed E-state index contributed by atoms with van der Waals surface area (Å²) in [5.41, 5.74) is 0.0145. The van der Waals surface area contributed by atoms with E-state index in [-0.39, 0.29) is 6.10 Å². The maximum absolute atomic E-state index is 12.5. The van der Waals surface area contributed by atoms with Crippen LogP contribution in [-0.4, -0.2) is 29.1 Å². The molecule has 0 aliphatic heterocycles. The lowest BCUT2D eigenvalue weighted by Gasteiger charge is -2.17. The minimum atomic E-state index is -0.609. The number of para-hydroxylation sites is 1. The fourth-order valence-corrected chi connectivity index (χ4v) is 3.15. The van der Waals surface area contributed by atoms with Crippen LogP contribution in [0, 0.1) is 0 Å². The fraction of sp³-hybridized carbons (Fsp3) is 0.250. The molecule has 28 heavy (non-hydrogen) atoms. The molecular formula is C20H20BrN3O4. The number of benzene rings is 2. The van der Waals surface area contributed by atoms with Crippen LogP contribution >= 0.6 is 15.9 Å². The van der Waals surface area contributed by atoms with Crippen LogP contribution in [0.4, 0.5) is 0 Å². The van der Waals surface area contributed by atoms with E-state index in [0.29, 0.717) is 32.4 Å². The number of H-pyrrole nitrogens is 1. The topological polar surface area (TPSA) is 85.7 Å². The van der Waals surface area contributed by atoms with Gasteiger partial charge in [0.1, 0.15) is 0 Å². The van der Waals surface area contributed by atoms with E-state index in [0.717, 1.165) is 11.1 Å². The first-order valence-electron chi connectivity index (χ1n) is 8.77. The summed E-state index contributed by atoms with van der Waals surface area (Å²) >= 11 is 3.48. The van der Waals surface area contributed by atoms with Crippen molar-refractivity contribution in [1.82, 2.24) is 9.66 Å². The molecule has 0 saturated heterocycles. The lowest BCUT2D eigenvalue weighted by Crippen LogP contribution is -2.32. The monoisotopic (exact) mass is 445 g/mol. The summed E-state index contributed by atoms with van der Waals surface area (Å²) in [5, 5.41) is 4.45. The molecule has 0 radical (unpaired) electrons. The standard InChI is InChI=1S/C20H20BrN3O4/c1-4-12(2)28-18-15(21)9-13(10-17(18)27-3)11-22-24-19(25)14-7-5-6-8-16(14)23-20(24)26/h5-12H,4H2,1-3H3,(H,23,26). The third-order valence-electron chi connectivity index (χ3n) is 4.25. The Hall–Kier alpha value is -2.87. The predicted octanol–water partition coefficient (Wildman–Crippen LogP) is 3.52. The first-order chi connectivity index (χ1) is 13.4. The number of methoxy groups -OCH3 is 1. The van der Waals surface area contributed by atoms with Gasteiger partial charge in [-0.1, -0.05) is 19.1 Å². The maximum Gasteiger partial charge on any atom is 0.349 e. The van der Waals surface area contributed by atoms with Gasteiger partial charge in [-0.2, -0.15) is 5.10 Å². The van der Waals surface area contributed by atoms with Crippen molar-refractivity contribution in [1.29, 1.82) is 0 Å². The van der Waals surface area contributed by atoms with Crippen LogP contribution in [0.3, 0.4) is 0 Å². The number of halogens is 1.